The lowest BCUT2D eigenvalue weighted by Crippen LogP contribution is -2.37. The molecule has 1 aliphatic carbocycles. The van der Waals surface area contributed by atoms with Gasteiger partial charge in [0.2, 0.25) is 5.91 Å². The average molecular weight is 214 g/mol. The van der Waals surface area contributed by atoms with E-state index in [1.54, 1.807) is 6.92 Å². The van der Waals surface area contributed by atoms with Gasteiger partial charge in [0.1, 0.15) is 0 Å². The monoisotopic (exact) mass is 214 g/mol. The largest absolute Gasteiger partial charge is 0.481 e. The Bertz CT molecular complexity index is 251. The van der Waals surface area contributed by atoms with Crippen LogP contribution in [0.15, 0.2) is 0 Å². The number of hydrogen-bond acceptors (Lipinski definition) is 3. The first-order valence-corrected chi connectivity index (χ1v) is 5.26. The van der Waals surface area contributed by atoms with Crippen LogP contribution in [0.2, 0.25) is 0 Å². The van der Waals surface area contributed by atoms with Crippen molar-refractivity contribution in [2.45, 2.75) is 32.2 Å². The highest BCUT2D eigenvalue weighted by Gasteiger charge is 2.30. The summed E-state index contributed by atoms with van der Waals surface area (Å²) in [5.74, 6) is -1.33. The molecule has 1 atom stereocenters. The van der Waals surface area contributed by atoms with Crippen molar-refractivity contribution in [3.8, 4) is 0 Å². The van der Waals surface area contributed by atoms with E-state index >= 15 is 0 Å². The summed E-state index contributed by atoms with van der Waals surface area (Å²) in [5, 5.41) is 8.59. The Morgan fingerprint density at radius 2 is 2.13 bits per heavy atom. The van der Waals surface area contributed by atoms with Gasteiger partial charge in [-0.1, -0.05) is 6.92 Å². The molecule has 5 heteroatoms. The highest BCUT2D eigenvalue weighted by Crippen LogP contribution is 2.27. The Labute approximate surface area is 89.2 Å². The summed E-state index contributed by atoms with van der Waals surface area (Å²) in [5.41, 5.74) is 5.18. The van der Waals surface area contributed by atoms with Crippen molar-refractivity contribution < 1.29 is 14.7 Å². The predicted molar refractivity (Wildman–Crippen MR) is 55.2 cm³/mol. The fourth-order valence-electron chi connectivity index (χ4n) is 1.54. The first kappa shape index (κ1) is 12.0. The number of carbonyl (C=O) groups excluding carboxylic acids is 1. The van der Waals surface area contributed by atoms with Gasteiger partial charge >= 0.3 is 5.97 Å². The first-order valence-electron chi connectivity index (χ1n) is 5.26. The molecule has 15 heavy (non-hydrogen) atoms. The lowest BCUT2D eigenvalue weighted by atomic mass is 10.1. The van der Waals surface area contributed by atoms with Gasteiger partial charge in [0.05, 0.1) is 6.42 Å². The smallest absolute Gasteiger partial charge is 0.304 e. The van der Waals surface area contributed by atoms with E-state index in [-0.39, 0.29) is 18.2 Å². The normalized spacial score (nSPS) is 17.7. The summed E-state index contributed by atoms with van der Waals surface area (Å²) >= 11 is 0. The second-order valence-electron chi connectivity index (χ2n) is 4.17. The maximum atomic E-state index is 10.9. The molecule has 0 heterocycles. The Hall–Kier alpha value is -1.10. The quantitative estimate of drug-likeness (QED) is 0.627. The van der Waals surface area contributed by atoms with Gasteiger partial charge < -0.3 is 10.8 Å². The van der Waals surface area contributed by atoms with Crippen molar-refractivity contribution in [3.05, 3.63) is 0 Å². The number of nitrogens with two attached hydrogens (primary N) is 1. The number of hydrogen-bond donors (Lipinski definition) is 2. The fourth-order valence-corrected chi connectivity index (χ4v) is 1.54. The number of nitrogens with zero attached hydrogens (tertiary/aromatic N) is 1. The van der Waals surface area contributed by atoms with E-state index < -0.39 is 5.97 Å². The average Bonchev–Trinajstić information content (AvgIpc) is 2.94. The Morgan fingerprint density at radius 1 is 1.53 bits per heavy atom. The van der Waals surface area contributed by atoms with Crippen LogP contribution in [0.25, 0.3) is 0 Å². The predicted octanol–water partition coefficient (Wildman–Crippen LogP) is 0.0469. The van der Waals surface area contributed by atoms with Crippen molar-refractivity contribution in [2.75, 3.05) is 13.1 Å². The molecule has 0 spiro atoms. The van der Waals surface area contributed by atoms with E-state index in [0.29, 0.717) is 19.1 Å². The SMILES string of the molecule is CC(CN(CCC(=O)O)C1CC1)C(N)=O. The highest BCUT2D eigenvalue weighted by atomic mass is 16.4. The summed E-state index contributed by atoms with van der Waals surface area (Å²) in [6.07, 6.45) is 2.33. The van der Waals surface area contributed by atoms with Crippen LogP contribution < -0.4 is 5.73 Å². The van der Waals surface area contributed by atoms with Gasteiger partial charge in [0.15, 0.2) is 0 Å². The second-order valence-corrected chi connectivity index (χ2v) is 4.17. The fraction of sp³-hybridized carbons (Fsp3) is 0.800. The molecule has 0 aromatic heterocycles. The van der Waals surface area contributed by atoms with Gasteiger partial charge in [0.25, 0.3) is 0 Å². The van der Waals surface area contributed by atoms with Gasteiger partial charge in [-0.2, -0.15) is 0 Å². The van der Waals surface area contributed by atoms with E-state index in [1.165, 1.54) is 0 Å². The Kier molecular flexibility index (Phi) is 4.08. The maximum Gasteiger partial charge on any atom is 0.304 e. The summed E-state index contributed by atoms with van der Waals surface area (Å²) in [6.45, 7) is 2.86. The molecule has 1 fully saturated rings. The molecule has 0 aliphatic heterocycles. The van der Waals surface area contributed by atoms with Crippen LogP contribution >= 0.6 is 0 Å². The lowest BCUT2D eigenvalue weighted by molar-refractivity contribution is -0.137. The summed E-state index contributed by atoms with van der Waals surface area (Å²) in [6, 6.07) is 0.464. The number of amides is 1. The lowest BCUT2D eigenvalue weighted by Gasteiger charge is -2.23. The molecule has 3 N–H and O–H groups in total. The van der Waals surface area contributed by atoms with Crippen LogP contribution in [0.3, 0.4) is 0 Å². The van der Waals surface area contributed by atoms with Crippen molar-refractivity contribution in [1.82, 2.24) is 4.90 Å². The third-order valence-corrected chi connectivity index (χ3v) is 2.67. The zero-order valence-electron chi connectivity index (χ0n) is 8.98. The van der Waals surface area contributed by atoms with E-state index in [4.69, 9.17) is 10.8 Å². The second kappa shape index (κ2) is 5.11. The number of carboxylic acid groups (broad SMARTS) is 1. The molecule has 1 rings (SSSR count). The van der Waals surface area contributed by atoms with E-state index in [2.05, 4.69) is 4.90 Å². The third kappa shape index (κ3) is 4.29. The third-order valence-electron chi connectivity index (χ3n) is 2.67. The molecule has 0 saturated heterocycles. The van der Waals surface area contributed by atoms with Crippen LogP contribution in [-0.4, -0.2) is 41.0 Å². The van der Waals surface area contributed by atoms with Gasteiger partial charge in [-0.05, 0) is 12.8 Å². The number of aliphatic carboxylic acids is 1. The summed E-state index contributed by atoms with van der Waals surface area (Å²) < 4.78 is 0. The number of carbonyl (C=O) groups is 2. The van der Waals surface area contributed by atoms with Crippen LogP contribution in [0.1, 0.15) is 26.2 Å². The van der Waals surface area contributed by atoms with E-state index in [9.17, 15) is 9.59 Å². The molecule has 1 unspecified atom stereocenters. The van der Waals surface area contributed by atoms with Crippen LogP contribution in [0.5, 0.6) is 0 Å². The van der Waals surface area contributed by atoms with Crippen molar-refractivity contribution in [2.24, 2.45) is 11.7 Å². The zero-order chi connectivity index (χ0) is 11.4. The first-order chi connectivity index (χ1) is 7.00. The molecular formula is C10H18N2O3. The molecule has 0 radical (unpaired) electrons. The van der Waals surface area contributed by atoms with Crippen molar-refractivity contribution in [3.63, 3.8) is 0 Å². The number of primary amides is 1. The molecule has 1 amide bonds. The Morgan fingerprint density at radius 3 is 2.53 bits per heavy atom. The molecule has 86 valence electrons. The summed E-state index contributed by atoms with van der Waals surface area (Å²) in [7, 11) is 0. The summed E-state index contributed by atoms with van der Waals surface area (Å²) in [4.78, 5) is 23.4. The number of rotatable bonds is 7. The van der Waals surface area contributed by atoms with E-state index in [1.807, 2.05) is 0 Å². The molecule has 1 saturated carbocycles. The maximum absolute atomic E-state index is 10.9. The highest BCUT2D eigenvalue weighted by molar-refractivity contribution is 5.76. The Balaban J connectivity index is 2.36. The van der Waals surface area contributed by atoms with Gasteiger partial charge in [-0.15, -0.1) is 0 Å². The van der Waals surface area contributed by atoms with Gasteiger partial charge in [0, 0.05) is 25.0 Å². The standard InChI is InChI=1S/C10H18N2O3/c1-7(10(11)15)6-12(8-2-3-8)5-4-9(13)14/h7-8H,2-6H2,1H3,(H2,11,15)(H,13,14). The van der Waals surface area contributed by atoms with Crippen LogP contribution in [0, 0.1) is 5.92 Å². The molecule has 0 aromatic carbocycles. The molecular weight excluding hydrogens is 196 g/mol. The van der Waals surface area contributed by atoms with Crippen LogP contribution in [0.4, 0.5) is 0 Å². The van der Waals surface area contributed by atoms with Gasteiger partial charge in [-0.25, -0.2) is 0 Å². The van der Waals surface area contributed by atoms with Crippen molar-refractivity contribution in [1.29, 1.82) is 0 Å². The molecule has 0 aromatic rings. The minimum Gasteiger partial charge on any atom is -0.481 e. The molecule has 1 aliphatic rings. The van der Waals surface area contributed by atoms with Crippen molar-refractivity contribution >= 4 is 11.9 Å². The van der Waals surface area contributed by atoms with Crippen LogP contribution in [-0.2, 0) is 9.59 Å². The molecule has 0 bridgehead atoms. The zero-order valence-corrected chi connectivity index (χ0v) is 8.98. The molecule has 5 nitrogen and oxygen atoms in total. The topological polar surface area (TPSA) is 83.6 Å². The minimum atomic E-state index is -0.799. The minimum absolute atomic E-state index is 0.127. The van der Waals surface area contributed by atoms with Gasteiger partial charge in [-0.3, -0.25) is 14.5 Å². The van der Waals surface area contributed by atoms with E-state index in [0.717, 1.165) is 12.8 Å². The number of carboxylic acids is 1.